The number of halogens is 2. The maximum Gasteiger partial charge on any atom is 0.412 e. The highest BCUT2D eigenvalue weighted by Gasteiger charge is 2.27. The number of nitrogens with one attached hydrogen (secondary N) is 1. The molecule has 1 saturated heterocycles. The Morgan fingerprint density at radius 1 is 1.11 bits per heavy atom. The van der Waals surface area contributed by atoms with Gasteiger partial charge in [-0.2, -0.15) is 0 Å². The quantitative estimate of drug-likeness (QED) is 0.824. The molecule has 1 aliphatic heterocycles. The van der Waals surface area contributed by atoms with Crippen molar-refractivity contribution in [1.82, 2.24) is 4.90 Å². The average Bonchev–Trinajstić information content (AvgIpc) is 2.69. The van der Waals surface area contributed by atoms with Crippen molar-refractivity contribution in [2.24, 2.45) is 0 Å². The van der Waals surface area contributed by atoms with E-state index in [1.54, 1.807) is 11.0 Å². The van der Waals surface area contributed by atoms with Crippen molar-refractivity contribution in [3.05, 3.63) is 59.9 Å². The molecular formula is C20H21F2N3O3. The van der Waals surface area contributed by atoms with Gasteiger partial charge in [0.1, 0.15) is 19.1 Å². The third kappa shape index (κ3) is 4.76. The highest BCUT2D eigenvalue weighted by Crippen LogP contribution is 2.30. The van der Waals surface area contributed by atoms with Gasteiger partial charge in [-0.25, -0.2) is 13.6 Å². The highest BCUT2D eigenvalue weighted by atomic mass is 19.1. The van der Waals surface area contributed by atoms with Crippen molar-refractivity contribution in [1.29, 1.82) is 0 Å². The van der Waals surface area contributed by atoms with Gasteiger partial charge in [0.25, 0.3) is 0 Å². The fourth-order valence-corrected chi connectivity index (χ4v) is 3.04. The second kappa shape index (κ2) is 9.16. The predicted molar refractivity (Wildman–Crippen MR) is 101 cm³/mol. The monoisotopic (exact) mass is 389 g/mol. The summed E-state index contributed by atoms with van der Waals surface area (Å²) in [5, 5.41) is 2.54. The summed E-state index contributed by atoms with van der Waals surface area (Å²) in [5.41, 5.74) is 1.16. The van der Waals surface area contributed by atoms with Crippen LogP contribution in [-0.2, 0) is 16.1 Å². The highest BCUT2D eigenvalue weighted by molar-refractivity contribution is 5.92. The molecule has 2 aromatic carbocycles. The summed E-state index contributed by atoms with van der Waals surface area (Å²) in [6, 6.07) is 13.4. The van der Waals surface area contributed by atoms with Gasteiger partial charge in [0.2, 0.25) is 5.91 Å². The third-order valence-electron chi connectivity index (χ3n) is 4.43. The lowest BCUT2D eigenvalue weighted by molar-refractivity contribution is -0.131. The van der Waals surface area contributed by atoms with Gasteiger partial charge in [-0.05, 0) is 17.7 Å². The topological polar surface area (TPSA) is 61.9 Å². The molecular weight excluding hydrogens is 368 g/mol. The number of anilines is 2. The number of ether oxygens (including phenoxy) is 1. The molecule has 0 spiro atoms. The molecule has 1 fully saturated rings. The summed E-state index contributed by atoms with van der Waals surface area (Å²) in [4.78, 5) is 27.2. The number of hydrogen-bond acceptors (Lipinski definition) is 4. The molecule has 6 nitrogen and oxygen atoms in total. The van der Waals surface area contributed by atoms with Crippen LogP contribution in [0.1, 0.15) is 5.56 Å². The Bertz CT molecular complexity index is 833. The van der Waals surface area contributed by atoms with Crippen molar-refractivity contribution in [3.8, 4) is 0 Å². The van der Waals surface area contributed by atoms with Crippen LogP contribution in [0.4, 0.5) is 25.0 Å². The molecule has 0 unspecified atom stereocenters. The van der Waals surface area contributed by atoms with Crippen molar-refractivity contribution < 1.29 is 23.1 Å². The molecule has 0 radical (unpaired) electrons. The van der Waals surface area contributed by atoms with Gasteiger partial charge >= 0.3 is 6.09 Å². The number of carbonyl (C=O) groups is 2. The Kier molecular flexibility index (Phi) is 6.41. The van der Waals surface area contributed by atoms with Crippen LogP contribution >= 0.6 is 0 Å². The summed E-state index contributed by atoms with van der Waals surface area (Å²) in [6.07, 6.45) is -0.724. The van der Waals surface area contributed by atoms with Crippen LogP contribution in [0.5, 0.6) is 0 Å². The van der Waals surface area contributed by atoms with Crippen molar-refractivity contribution in [2.75, 3.05) is 43.1 Å². The summed E-state index contributed by atoms with van der Waals surface area (Å²) in [6.45, 7) is 0.0220. The molecule has 0 aliphatic carbocycles. The van der Waals surface area contributed by atoms with E-state index in [0.29, 0.717) is 6.54 Å². The first-order valence-electron chi connectivity index (χ1n) is 8.93. The van der Waals surface area contributed by atoms with Gasteiger partial charge in [0.05, 0.1) is 17.9 Å². The van der Waals surface area contributed by atoms with E-state index < -0.39 is 18.6 Å². The Labute approximate surface area is 161 Å². The molecule has 8 heteroatoms. The Hall–Kier alpha value is -3.16. The van der Waals surface area contributed by atoms with Crippen LogP contribution in [0.25, 0.3) is 0 Å². The maximum atomic E-state index is 14.5. The lowest BCUT2D eigenvalue weighted by Gasteiger charge is -2.36. The first kappa shape index (κ1) is 19.6. The Balaban J connectivity index is 1.68. The van der Waals surface area contributed by atoms with E-state index in [9.17, 15) is 18.4 Å². The normalized spacial score (nSPS) is 14.1. The van der Waals surface area contributed by atoms with E-state index in [1.165, 1.54) is 17.0 Å². The first-order valence-corrected chi connectivity index (χ1v) is 8.93. The molecule has 1 heterocycles. The minimum Gasteiger partial charge on any atom is -0.444 e. The number of rotatable bonds is 6. The molecule has 1 N–H and O–H groups in total. The van der Waals surface area contributed by atoms with Crippen LogP contribution < -0.4 is 10.2 Å². The minimum absolute atomic E-state index is 0.0286. The molecule has 2 aromatic rings. The molecule has 148 valence electrons. The summed E-state index contributed by atoms with van der Waals surface area (Å²) in [5.74, 6) is -0.850. The smallest absolute Gasteiger partial charge is 0.412 e. The zero-order valence-corrected chi connectivity index (χ0v) is 15.2. The van der Waals surface area contributed by atoms with Crippen LogP contribution in [0.3, 0.4) is 0 Å². The van der Waals surface area contributed by atoms with Crippen molar-refractivity contribution in [2.45, 2.75) is 6.61 Å². The fourth-order valence-electron chi connectivity index (χ4n) is 3.04. The van der Waals surface area contributed by atoms with Crippen LogP contribution in [0, 0.1) is 5.82 Å². The zero-order valence-electron chi connectivity index (χ0n) is 15.2. The molecule has 0 bridgehead atoms. The molecule has 28 heavy (non-hydrogen) atoms. The number of nitrogens with zero attached hydrogens (tertiary/aromatic N) is 2. The Morgan fingerprint density at radius 2 is 1.89 bits per heavy atom. The second-order valence-electron chi connectivity index (χ2n) is 6.31. The van der Waals surface area contributed by atoms with Crippen LogP contribution in [0.15, 0.2) is 48.5 Å². The maximum absolute atomic E-state index is 14.5. The van der Waals surface area contributed by atoms with E-state index in [1.807, 2.05) is 30.3 Å². The fraction of sp³-hybridized carbons (Fsp3) is 0.300. The third-order valence-corrected chi connectivity index (χ3v) is 4.43. The lowest BCUT2D eigenvalue weighted by Crippen LogP contribution is -2.51. The minimum atomic E-state index is -0.724. The van der Waals surface area contributed by atoms with Gasteiger partial charge in [0.15, 0.2) is 0 Å². The van der Waals surface area contributed by atoms with E-state index in [2.05, 4.69) is 5.32 Å². The van der Waals surface area contributed by atoms with Gasteiger partial charge in [-0.15, -0.1) is 0 Å². The number of carbonyl (C=O) groups excluding carboxylic acids is 2. The number of benzene rings is 2. The number of hydrogen-bond donors (Lipinski definition) is 1. The molecule has 0 aromatic heterocycles. The number of alkyl halides is 1. The van der Waals surface area contributed by atoms with E-state index >= 15 is 0 Å². The van der Waals surface area contributed by atoms with Gasteiger partial charge < -0.3 is 14.5 Å². The SMILES string of the molecule is O=C(Nc1cccc(F)c1N1CCN(CCF)C(=O)C1)OCc1ccccc1. The van der Waals surface area contributed by atoms with Gasteiger partial charge in [0, 0.05) is 19.6 Å². The summed E-state index contributed by atoms with van der Waals surface area (Å²) in [7, 11) is 0. The molecule has 1 aliphatic rings. The number of para-hydroxylation sites is 1. The predicted octanol–water partition coefficient (Wildman–Crippen LogP) is 3.19. The van der Waals surface area contributed by atoms with E-state index in [0.717, 1.165) is 5.56 Å². The summed E-state index contributed by atoms with van der Waals surface area (Å²) < 4.78 is 32.2. The van der Waals surface area contributed by atoms with Gasteiger partial charge in [-0.3, -0.25) is 10.1 Å². The zero-order chi connectivity index (χ0) is 19.9. The van der Waals surface area contributed by atoms with Gasteiger partial charge in [-0.1, -0.05) is 36.4 Å². The van der Waals surface area contributed by atoms with E-state index in [-0.39, 0.29) is 43.5 Å². The number of amides is 2. The Morgan fingerprint density at radius 3 is 2.61 bits per heavy atom. The van der Waals surface area contributed by atoms with Crippen molar-refractivity contribution in [3.63, 3.8) is 0 Å². The molecule has 0 saturated carbocycles. The first-order chi connectivity index (χ1) is 13.6. The van der Waals surface area contributed by atoms with Crippen molar-refractivity contribution >= 4 is 23.4 Å². The lowest BCUT2D eigenvalue weighted by atomic mass is 10.2. The standard InChI is InChI=1S/C20H21F2N3O3/c21-9-10-24-11-12-25(13-18(24)26)19-16(22)7-4-8-17(19)23-20(27)28-14-15-5-2-1-3-6-15/h1-8H,9-14H2,(H,23,27). The largest absolute Gasteiger partial charge is 0.444 e. The molecule has 3 rings (SSSR count). The van der Waals surface area contributed by atoms with Crippen LogP contribution in [0.2, 0.25) is 0 Å². The van der Waals surface area contributed by atoms with Crippen LogP contribution in [-0.4, -0.2) is 49.8 Å². The average molecular weight is 389 g/mol. The molecule has 0 atom stereocenters. The second-order valence-corrected chi connectivity index (χ2v) is 6.31. The summed E-state index contributed by atoms with van der Waals surface area (Å²) >= 11 is 0. The van der Waals surface area contributed by atoms with E-state index in [4.69, 9.17) is 4.74 Å². The molecule has 2 amide bonds. The number of piperazine rings is 1.